The lowest BCUT2D eigenvalue weighted by molar-refractivity contribution is 0.122. The normalized spacial score (nSPS) is 14.7. The number of fused-ring (bicyclic) bond motifs is 1. The topological polar surface area (TPSA) is 50.3 Å². The second kappa shape index (κ2) is 7.03. The Labute approximate surface area is 145 Å². The van der Waals surface area contributed by atoms with Crippen molar-refractivity contribution in [3.05, 3.63) is 60.2 Å². The molecule has 5 nitrogen and oxygen atoms in total. The van der Waals surface area contributed by atoms with E-state index < -0.39 is 0 Å². The Morgan fingerprint density at radius 1 is 1.08 bits per heavy atom. The van der Waals surface area contributed by atoms with Crippen molar-refractivity contribution in [1.29, 1.82) is 0 Å². The molecule has 1 saturated heterocycles. The van der Waals surface area contributed by atoms with Gasteiger partial charge in [0.05, 0.1) is 24.4 Å². The van der Waals surface area contributed by atoms with Gasteiger partial charge >= 0.3 is 0 Å². The number of morpholine rings is 1. The largest absolute Gasteiger partial charge is 0.378 e. The number of nitrogens with zero attached hydrogens (tertiary/aromatic N) is 3. The summed E-state index contributed by atoms with van der Waals surface area (Å²) in [6.45, 7) is 3.23. The maximum atomic E-state index is 14.5. The molecule has 1 aromatic heterocycles. The Morgan fingerprint density at radius 2 is 1.92 bits per heavy atom. The van der Waals surface area contributed by atoms with Gasteiger partial charge in [-0.2, -0.15) is 0 Å². The first-order chi connectivity index (χ1) is 12.3. The fourth-order valence-corrected chi connectivity index (χ4v) is 3.05. The van der Waals surface area contributed by atoms with Gasteiger partial charge in [0.1, 0.15) is 18.0 Å². The van der Waals surface area contributed by atoms with Crippen molar-refractivity contribution in [2.75, 3.05) is 36.5 Å². The smallest absolute Gasteiger partial charge is 0.146 e. The summed E-state index contributed by atoms with van der Waals surface area (Å²) >= 11 is 0. The zero-order chi connectivity index (χ0) is 17.1. The van der Waals surface area contributed by atoms with Gasteiger partial charge in [-0.25, -0.2) is 14.4 Å². The Kier molecular flexibility index (Phi) is 4.43. The molecule has 4 rings (SSSR count). The summed E-state index contributed by atoms with van der Waals surface area (Å²) in [4.78, 5) is 10.6. The molecule has 2 aromatic carbocycles. The minimum Gasteiger partial charge on any atom is -0.378 e. The molecule has 0 bridgehead atoms. The summed E-state index contributed by atoms with van der Waals surface area (Å²) < 4.78 is 19.8. The number of hydrogen-bond donors (Lipinski definition) is 1. The number of benzene rings is 2. The Morgan fingerprint density at radius 3 is 2.76 bits per heavy atom. The molecule has 0 aliphatic carbocycles. The highest BCUT2D eigenvalue weighted by Crippen LogP contribution is 2.23. The molecule has 6 heteroatoms. The minimum atomic E-state index is -0.200. The van der Waals surface area contributed by atoms with Crippen molar-refractivity contribution in [2.24, 2.45) is 0 Å². The summed E-state index contributed by atoms with van der Waals surface area (Å²) in [6.07, 6.45) is 1.53. The molecule has 128 valence electrons. The molecular weight excluding hydrogens is 319 g/mol. The highest BCUT2D eigenvalue weighted by Gasteiger charge is 2.15. The molecule has 0 amide bonds. The second-order valence-electron chi connectivity index (χ2n) is 5.98. The molecule has 0 saturated carbocycles. The molecule has 0 spiro atoms. The molecule has 3 aromatic rings. The first-order valence-corrected chi connectivity index (χ1v) is 8.36. The van der Waals surface area contributed by atoms with Crippen molar-refractivity contribution in [2.45, 2.75) is 6.54 Å². The van der Waals surface area contributed by atoms with Crippen LogP contribution in [-0.4, -0.2) is 36.3 Å². The lowest BCUT2D eigenvalue weighted by atomic mass is 10.1. The summed E-state index contributed by atoms with van der Waals surface area (Å²) in [5.41, 5.74) is 2.39. The van der Waals surface area contributed by atoms with E-state index in [0.717, 1.165) is 35.4 Å². The number of hydrogen-bond acceptors (Lipinski definition) is 5. The third kappa shape index (κ3) is 3.39. The van der Waals surface area contributed by atoms with Crippen LogP contribution in [0.4, 0.5) is 15.9 Å². The fourth-order valence-electron chi connectivity index (χ4n) is 3.05. The van der Waals surface area contributed by atoms with Crippen molar-refractivity contribution in [1.82, 2.24) is 9.97 Å². The summed E-state index contributed by atoms with van der Waals surface area (Å²) in [5, 5.41) is 4.23. The number of anilines is 2. The highest BCUT2D eigenvalue weighted by atomic mass is 19.1. The molecule has 1 aliphatic heterocycles. The van der Waals surface area contributed by atoms with Gasteiger partial charge in [-0.1, -0.05) is 18.2 Å². The molecule has 1 N–H and O–H groups in total. The van der Waals surface area contributed by atoms with Gasteiger partial charge in [-0.15, -0.1) is 0 Å². The van der Waals surface area contributed by atoms with Crippen LogP contribution in [0.15, 0.2) is 48.8 Å². The van der Waals surface area contributed by atoms with Gasteiger partial charge in [0.25, 0.3) is 0 Å². The summed E-state index contributed by atoms with van der Waals surface area (Å²) in [7, 11) is 0. The molecule has 2 heterocycles. The van der Waals surface area contributed by atoms with Crippen molar-refractivity contribution >= 4 is 22.4 Å². The van der Waals surface area contributed by atoms with Crippen LogP contribution in [-0.2, 0) is 11.3 Å². The Bertz CT molecular complexity index is 875. The van der Waals surface area contributed by atoms with E-state index in [9.17, 15) is 4.39 Å². The number of para-hydroxylation sites is 1. The predicted octanol–water partition coefficient (Wildman–Crippen LogP) is 3.22. The highest BCUT2D eigenvalue weighted by molar-refractivity contribution is 5.88. The molecule has 0 unspecified atom stereocenters. The van der Waals surface area contributed by atoms with Crippen molar-refractivity contribution in [3.8, 4) is 0 Å². The standard InChI is InChI=1S/C19H19FN4O/c20-16-11-14(5-6-18(16)24-7-9-25-10-8-24)12-21-19-15-3-1-2-4-17(15)22-13-23-19/h1-6,11,13H,7-10,12H2,(H,21,22,23). The maximum absolute atomic E-state index is 14.5. The zero-order valence-corrected chi connectivity index (χ0v) is 13.8. The van der Waals surface area contributed by atoms with Gasteiger partial charge in [-0.05, 0) is 29.8 Å². The first kappa shape index (κ1) is 15.8. The van der Waals surface area contributed by atoms with Crippen LogP contribution in [0.2, 0.25) is 0 Å². The van der Waals surface area contributed by atoms with E-state index in [1.165, 1.54) is 6.33 Å². The number of rotatable bonds is 4. The third-order valence-electron chi connectivity index (χ3n) is 4.37. The van der Waals surface area contributed by atoms with E-state index in [-0.39, 0.29) is 5.82 Å². The Balaban J connectivity index is 1.50. The Hall–Kier alpha value is -2.73. The van der Waals surface area contributed by atoms with Gasteiger partial charge in [-0.3, -0.25) is 0 Å². The third-order valence-corrected chi connectivity index (χ3v) is 4.37. The van der Waals surface area contributed by atoms with Gasteiger partial charge in [0, 0.05) is 25.0 Å². The van der Waals surface area contributed by atoms with E-state index in [0.29, 0.717) is 25.4 Å². The number of aromatic nitrogens is 2. The molecule has 0 radical (unpaired) electrons. The quantitative estimate of drug-likeness (QED) is 0.792. The average Bonchev–Trinajstić information content (AvgIpc) is 2.67. The lowest BCUT2D eigenvalue weighted by Gasteiger charge is -2.29. The second-order valence-corrected chi connectivity index (χ2v) is 5.98. The molecule has 1 fully saturated rings. The van der Waals surface area contributed by atoms with Crippen molar-refractivity contribution < 1.29 is 9.13 Å². The maximum Gasteiger partial charge on any atom is 0.146 e. The van der Waals surface area contributed by atoms with Crippen molar-refractivity contribution in [3.63, 3.8) is 0 Å². The van der Waals surface area contributed by atoms with E-state index in [2.05, 4.69) is 15.3 Å². The number of halogens is 1. The van der Waals surface area contributed by atoms with Crippen LogP contribution < -0.4 is 10.2 Å². The minimum absolute atomic E-state index is 0.200. The lowest BCUT2D eigenvalue weighted by Crippen LogP contribution is -2.36. The van der Waals surface area contributed by atoms with Crippen LogP contribution in [0.25, 0.3) is 10.9 Å². The van der Waals surface area contributed by atoms with E-state index in [4.69, 9.17) is 4.74 Å². The summed E-state index contributed by atoms with van der Waals surface area (Å²) in [6, 6.07) is 13.2. The van der Waals surface area contributed by atoms with E-state index >= 15 is 0 Å². The fraction of sp³-hybridized carbons (Fsp3) is 0.263. The number of nitrogens with one attached hydrogen (secondary N) is 1. The zero-order valence-electron chi connectivity index (χ0n) is 13.8. The molecular formula is C19H19FN4O. The van der Waals surface area contributed by atoms with Gasteiger partial charge in [0.2, 0.25) is 0 Å². The van der Waals surface area contributed by atoms with Crippen LogP contribution in [0.3, 0.4) is 0 Å². The van der Waals surface area contributed by atoms with E-state index in [1.807, 2.05) is 41.3 Å². The predicted molar refractivity (Wildman–Crippen MR) is 96.3 cm³/mol. The number of ether oxygens (including phenoxy) is 1. The van der Waals surface area contributed by atoms with Crippen LogP contribution in [0, 0.1) is 5.82 Å². The SMILES string of the molecule is Fc1cc(CNc2ncnc3ccccc23)ccc1N1CCOCC1. The first-order valence-electron chi connectivity index (χ1n) is 8.36. The van der Waals surface area contributed by atoms with Crippen LogP contribution in [0.5, 0.6) is 0 Å². The average molecular weight is 338 g/mol. The molecule has 1 aliphatic rings. The molecule has 0 atom stereocenters. The molecule has 25 heavy (non-hydrogen) atoms. The summed E-state index contributed by atoms with van der Waals surface area (Å²) in [5.74, 6) is 0.553. The monoisotopic (exact) mass is 338 g/mol. The van der Waals surface area contributed by atoms with Gasteiger partial charge < -0.3 is 15.0 Å². The van der Waals surface area contributed by atoms with Crippen LogP contribution >= 0.6 is 0 Å². The van der Waals surface area contributed by atoms with E-state index in [1.54, 1.807) is 6.07 Å². The van der Waals surface area contributed by atoms with Crippen LogP contribution in [0.1, 0.15) is 5.56 Å². The van der Waals surface area contributed by atoms with Gasteiger partial charge in [0.15, 0.2) is 0 Å².